The number of carbonyl (C=O) groups excluding carboxylic acids is 1. The Morgan fingerprint density at radius 2 is 2.06 bits per heavy atom. The van der Waals surface area contributed by atoms with Crippen molar-refractivity contribution in [2.45, 2.75) is 69.0 Å². The number of carbonyl (C=O) groups is 1. The fourth-order valence-corrected chi connectivity index (χ4v) is 3.20. The van der Waals surface area contributed by atoms with Gasteiger partial charge in [0.15, 0.2) is 0 Å². The molecule has 0 radical (unpaired) electrons. The minimum Gasteiger partial charge on any atom is -0.338 e. The van der Waals surface area contributed by atoms with E-state index in [-0.39, 0.29) is 5.54 Å². The molecule has 3 N–H and O–H groups in total. The number of hydrogen-bond acceptors (Lipinski definition) is 3. The second-order valence-electron chi connectivity index (χ2n) is 6.46. The molecule has 3 aliphatic rings. The average Bonchev–Trinajstić information content (AvgIpc) is 3.01. The first-order chi connectivity index (χ1) is 8.66. The van der Waals surface area contributed by atoms with E-state index in [2.05, 4.69) is 10.2 Å². The van der Waals surface area contributed by atoms with Gasteiger partial charge in [0, 0.05) is 30.6 Å². The number of nitrogens with two attached hydrogens (primary N) is 1. The molecule has 3 rings (SSSR count). The van der Waals surface area contributed by atoms with Crippen LogP contribution in [0, 0.1) is 0 Å². The second kappa shape index (κ2) is 4.82. The molecule has 0 bridgehead atoms. The minimum absolute atomic E-state index is 0.173. The molecule has 0 aromatic carbocycles. The Balaban J connectivity index is 1.56. The van der Waals surface area contributed by atoms with E-state index in [0.717, 1.165) is 25.9 Å². The summed E-state index contributed by atoms with van der Waals surface area (Å²) in [4.78, 5) is 14.6. The first-order valence-corrected chi connectivity index (χ1v) is 7.48. The fourth-order valence-electron chi connectivity index (χ4n) is 3.20. The van der Waals surface area contributed by atoms with Crippen molar-refractivity contribution >= 4 is 5.91 Å². The Morgan fingerprint density at radius 1 is 1.28 bits per heavy atom. The predicted molar refractivity (Wildman–Crippen MR) is 71.1 cm³/mol. The molecule has 4 nitrogen and oxygen atoms in total. The Kier molecular flexibility index (Phi) is 3.32. The third-order valence-electron chi connectivity index (χ3n) is 4.74. The van der Waals surface area contributed by atoms with E-state index in [1.54, 1.807) is 0 Å². The molecule has 4 heteroatoms. The van der Waals surface area contributed by atoms with E-state index in [0.29, 0.717) is 24.4 Å². The number of hydrogen-bond donors (Lipinski definition) is 2. The van der Waals surface area contributed by atoms with Gasteiger partial charge < -0.3 is 16.0 Å². The van der Waals surface area contributed by atoms with Gasteiger partial charge in [-0.05, 0) is 51.5 Å². The Hall–Kier alpha value is -0.610. The largest absolute Gasteiger partial charge is 0.338 e. The Bertz CT molecular complexity index is 317. The molecule has 0 unspecified atom stereocenters. The summed E-state index contributed by atoms with van der Waals surface area (Å²) in [6.07, 6.45) is 8.65. The van der Waals surface area contributed by atoms with Gasteiger partial charge in [-0.15, -0.1) is 0 Å². The van der Waals surface area contributed by atoms with Gasteiger partial charge in [0.1, 0.15) is 0 Å². The van der Waals surface area contributed by atoms with E-state index in [1.807, 2.05) is 0 Å². The summed E-state index contributed by atoms with van der Waals surface area (Å²) < 4.78 is 0. The monoisotopic (exact) mass is 251 g/mol. The quantitative estimate of drug-likeness (QED) is 0.766. The second-order valence-corrected chi connectivity index (χ2v) is 6.46. The van der Waals surface area contributed by atoms with Crippen molar-refractivity contribution in [2.24, 2.45) is 5.73 Å². The lowest BCUT2D eigenvalue weighted by Crippen LogP contribution is -2.52. The van der Waals surface area contributed by atoms with Crippen LogP contribution in [0.4, 0.5) is 0 Å². The fraction of sp³-hybridized carbons (Fsp3) is 0.929. The van der Waals surface area contributed by atoms with Gasteiger partial charge in [-0.3, -0.25) is 4.79 Å². The van der Waals surface area contributed by atoms with Gasteiger partial charge in [-0.25, -0.2) is 0 Å². The molecule has 0 spiro atoms. The van der Waals surface area contributed by atoms with Crippen LogP contribution in [0.15, 0.2) is 0 Å². The molecule has 1 amide bonds. The van der Waals surface area contributed by atoms with Crippen LogP contribution in [0.2, 0.25) is 0 Å². The molecule has 18 heavy (non-hydrogen) atoms. The molecular weight excluding hydrogens is 226 g/mol. The third-order valence-corrected chi connectivity index (χ3v) is 4.74. The lowest BCUT2D eigenvalue weighted by atomic mass is 9.75. The van der Waals surface area contributed by atoms with Crippen LogP contribution < -0.4 is 11.1 Å². The van der Waals surface area contributed by atoms with Crippen molar-refractivity contribution < 1.29 is 4.79 Å². The lowest BCUT2D eigenvalue weighted by Gasteiger charge is -2.39. The standard InChI is InChI=1S/C14H25N3O/c15-14(6-2-7-14)9-13(18)17(12-4-5-12)10-11-3-1-8-16-11/h11-12,16H,1-10,15H2/t11-/m0/s1. The van der Waals surface area contributed by atoms with E-state index in [4.69, 9.17) is 5.73 Å². The molecule has 3 fully saturated rings. The minimum atomic E-state index is -0.173. The van der Waals surface area contributed by atoms with Gasteiger partial charge in [-0.2, -0.15) is 0 Å². The highest BCUT2D eigenvalue weighted by Crippen LogP contribution is 2.35. The zero-order chi connectivity index (χ0) is 12.6. The lowest BCUT2D eigenvalue weighted by molar-refractivity contribution is -0.134. The predicted octanol–water partition coefficient (Wildman–Crippen LogP) is 1.00. The average molecular weight is 251 g/mol. The van der Waals surface area contributed by atoms with Gasteiger partial charge in [0.2, 0.25) is 5.91 Å². The summed E-state index contributed by atoms with van der Waals surface area (Å²) in [6, 6.07) is 1.04. The molecule has 102 valence electrons. The van der Waals surface area contributed by atoms with Gasteiger partial charge in [-0.1, -0.05) is 0 Å². The molecule has 0 aromatic rings. The maximum atomic E-state index is 12.4. The van der Waals surface area contributed by atoms with Crippen molar-refractivity contribution in [3.8, 4) is 0 Å². The van der Waals surface area contributed by atoms with Crippen molar-refractivity contribution in [1.82, 2.24) is 10.2 Å². The van der Waals surface area contributed by atoms with E-state index in [1.165, 1.54) is 32.1 Å². The van der Waals surface area contributed by atoms with Gasteiger partial charge in [0.05, 0.1) is 0 Å². The molecular formula is C14H25N3O. The normalized spacial score (nSPS) is 29.9. The zero-order valence-electron chi connectivity index (χ0n) is 11.2. The van der Waals surface area contributed by atoms with Crippen LogP contribution in [-0.2, 0) is 4.79 Å². The van der Waals surface area contributed by atoms with Crippen molar-refractivity contribution in [1.29, 1.82) is 0 Å². The molecule has 1 atom stereocenters. The maximum Gasteiger partial charge on any atom is 0.224 e. The highest BCUT2D eigenvalue weighted by molar-refractivity contribution is 5.78. The van der Waals surface area contributed by atoms with Gasteiger partial charge in [0.25, 0.3) is 0 Å². The van der Waals surface area contributed by atoms with Crippen molar-refractivity contribution in [3.63, 3.8) is 0 Å². The molecule has 1 heterocycles. The summed E-state index contributed by atoms with van der Waals surface area (Å²) in [5, 5.41) is 3.49. The number of nitrogens with one attached hydrogen (secondary N) is 1. The number of amides is 1. The van der Waals surface area contributed by atoms with Crippen LogP contribution in [0.3, 0.4) is 0 Å². The smallest absolute Gasteiger partial charge is 0.224 e. The molecule has 2 saturated carbocycles. The first-order valence-electron chi connectivity index (χ1n) is 7.48. The first kappa shape index (κ1) is 12.4. The Labute approximate surface area is 109 Å². The number of nitrogens with zero attached hydrogens (tertiary/aromatic N) is 1. The molecule has 0 aromatic heterocycles. The molecule has 1 saturated heterocycles. The molecule has 2 aliphatic carbocycles. The van der Waals surface area contributed by atoms with Crippen LogP contribution in [0.5, 0.6) is 0 Å². The molecule has 1 aliphatic heterocycles. The summed E-state index contributed by atoms with van der Waals surface area (Å²) in [7, 11) is 0. The maximum absolute atomic E-state index is 12.4. The summed E-state index contributed by atoms with van der Waals surface area (Å²) in [5.41, 5.74) is 6.03. The number of rotatable bonds is 5. The Morgan fingerprint density at radius 3 is 2.56 bits per heavy atom. The van der Waals surface area contributed by atoms with Crippen LogP contribution >= 0.6 is 0 Å². The summed E-state index contributed by atoms with van der Waals surface area (Å²) >= 11 is 0. The topological polar surface area (TPSA) is 58.4 Å². The van der Waals surface area contributed by atoms with E-state index < -0.39 is 0 Å². The van der Waals surface area contributed by atoms with Crippen molar-refractivity contribution in [2.75, 3.05) is 13.1 Å². The SMILES string of the molecule is NC1(CC(=O)N(C[C@@H]2CCCN2)C2CC2)CCC1. The van der Waals surface area contributed by atoms with Gasteiger partial charge >= 0.3 is 0 Å². The van der Waals surface area contributed by atoms with Crippen LogP contribution in [-0.4, -0.2) is 41.5 Å². The summed E-state index contributed by atoms with van der Waals surface area (Å²) in [6.45, 7) is 2.01. The third kappa shape index (κ3) is 2.69. The highest BCUT2D eigenvalue weighted by Gasteiger charge is 2.40. The van der Waals surface area contributed by atoms with Crippen molar-refractivity contribution in [3.05, 3.63) is 0 Å². The van der Waals surface area contributed by atoms with E-state index in [9.17, 15) is 4.79 Å². The highest BCUT2D eigenvalue weighted by atomic mass is 16.2. The van der Waals surface area contributed by atoms with E-state index >= 15 is 0 Å². The van der Waals surface area contributed by atoms with Crippen LogP contribution in [0.1, 0.15) is 51.4 Å². The summed E-state index contributed by atoms with van der Waals surface area (Å²) in [5.74, 6) is 0.299. The van der Waals surface area contributed by atoms with Crippen LogP contribution in [0.25, 0.3) is 0 Å². The zero-order valence-corrected chi connectivity index (χ0v) is 11.2.